The molecule has 0 aliphatic carbocycles. The fourth-order valence-corrected chi connectivity index (χ4v) is 1.57. The highest BCUT2D eigenvalue weighted by Gasteiger charge is 2.11. The van der Waals surface area contributed by atoms with Gasteiger partial charge in [0, 0.05) is 29.3 Å². The van der Waals surface area contributed by atoms with Crippen molar-refractivity contribution in [3.8, 4) is 0 Å². The number of nitrogens with one attached hydrogen (secondary N) is 1. The Kier molecular flexibility index (Phi) is 5.22. The molecule has 108 valence electrons. The number of hydrogen-bond donors (Lipinski definition) is 4. The average Bonchev–Trinajstić information content (AvgIpc) is 2.35. The normalized spacial score (nSPS) is 11.7. The molecule has 1 aromatic carbocycles. The lowest BCUT2D eigenvalue weighted by Crippen LogP contribution is -2.20. The molecule has 7 nitrogen and oxygen atoms in total. The zero-order valence-corrected chi connectivity index (χ0v) is 11.2. The molecule has 0 aliphatic heterocycles. The molecule has 1 rings (SSSR count). The quantitative estimate of drug-likeness (QED) is 0.578. The first-order valence-electron chi connectivity index (χ1n) is 6.09. The molecule has 7 heteroatoms. The fraction of sp³-hybridized carbons (Fsp3) is 0.308. The third-order valence-corrected chi connectivity index (χ3v) is 2.61. The van der Waals surface area contributed by atoms with Crippen molar-refractivity contribution in [3.05, 3.63) is 29.3 Å². The summed E-state index contributed by atoms with van der Waals surface area (Å²) in [5.74, 6) is -1.68. The lowest BCUT2D eigenvalue weighted by molar-refractivity contribution is -0.116. The minimum absolute atomic E-state index is 0.0844. The Bertz CT molecular complexity index is 508. The first kappa shape index (κ1) is 15.6. The van der Waals surface area contributed by atoms with E-state index in [1.54, 1.807) is 6.92 Å². The smallest absolute Gasteiger partial charge is 0.248 e. The van der Waals surface area contributed by atoms with Crippen molar-refractivity contribution in [2.24, 2.45) is 17.2 Å². The van der Waals surface area contributed by atoms with Crippen LogP contribution >= 0.6 is 0 Å². The summed E-state index contributed by atoms with van der Waals surface area (Å²) in [7, 11) is 0. The second-order valence-corrected chi connectivity index (χ2v) is 4.59. The van der Waals surface area contributed by atoms with Gasteiger partial charge >= 0.3 is 0 Å². The van der Waals surface area contributed by atoms with Gasteiger partial charge < -0.3 is 22.5 Å². The Balaban J connectivity index is 2.91. The third-order valence-electron chi connectivity index (χ3n) is 2.61. The summed E-state index contributed by atoms with van der Waals surface area (Å²) >= 11 is 0. The van der Waals surface area contributed by atoms with Crippen LogP contribution in [0.15, 0.2) is 18.2 Å². The van der Waals surface area contributed by atoms with Crippen molar-refractivity contribution in [1.82, 2.24) is 0 Å². The zero-order chi connectivity index (χ0) is 15.3. The number of hydrogen-bond acceptors (Lipinski definition) is 4. The van der Waals surface area contributed by atoms with Crippen molar-refractivity contribution in [3.63, 3.8) is 0 Å². The molecule has 0 spiro atoms. The summed E-state index contributed by atoms with van der Waals surface area (Å²) in [5, 5.41) is 2.58. The van der Waals surface area contributed by atoms with Gasteiger partial charge in [-0.1, -0.05) is 0 Å². The van der Waals surface area contributed by atoms with Crippen molar-refractivity contribution in [2.75, 3.05) is 5.32 Å². The molecule has 0 radical (unpaired) electrons. The van der Waals surface area contributed by atoms with Crippen LogP contribution in [0, 0.1) is 0 Å². The lowest BCUT2D eigenvalue weighted by atomic mass is 10.1. The van der Waals surface area contributed by atoms with Crippen LogP contribution < -0.4 is 22.5 Å². The second kappa shape index (κ2) is 6.67. The van der Waals surface area contributed by atoms with Crippen molar-refractivity contribution >= 4 is 23.4 Å². The largest absolute Gasteiger partial charge is 0.366 e. The van der Waals surface area contributed by atoms with E-state index in [1.165, 1.54) is 18.2 Å². The molecule has 0 saturated heterocycles. The van der Waals surface area contributed by atoms with Crippen molar-refractivity contribution in [2.45, 2.75) is 25.8 Å². The van der Waals surface area contributed by atoms with Gasteiger partial charge in [-0.3, -0.25) is 14.4 Å². The number of anilines is 1. The van der Waals surface area contributed by atoms with E-state index < -0.39 is 11.8 Å². The van der Waals surface area contributed by atoms with Crippen LogP contribution in [-0.2, 0) is 4.79 Å². The summed E-state index contributed by atoms with van der Waals surface area (Å²) in [5.41, 5.74) is 16.4. The minimum atomic E-state index is -0.709. The number of nitrogens with two attached hydrogens (primary N) is 3. The van der Waals surface area contributed by atoms with Gasteiger partial charge in [0.15, 0.2) is 0 Å². The van der Waals surface area contributed by atoms with Crippen molar-refractivity contribution in [1.29, 1.82) is 0 Å². The first-order valence-corrected chi connectivity index (χ1v) is 6.09. The Morgan fingerprint density at radius 1 is 1.10 bits per heavy atom. The van der Waals surface area contributed by atoms with Gasteiger partial charge in [0.2, 0.25) is 17.7 Å². The molecule has 20 heavy (non-hydrogen) atoms. The highest BCUT2D eigenvalue weighted by atomic mass is 16.2. The number of carbonyl (C=O) groups is 3. The molecule has 0 aliphatic rings. The summed E-state index contributed by atoms with van der Waals surface area (Å²) < 4.78 is 0. The van der Waals surface area contributed by atoms with Gasteiger partial charge in [-0.25, -0.2) is 0 Å². The first-order chi connectivity index (χ1) is 9.29. The van der Waals surface area contributed by atoms with E-state index in [9.17, 15) is 14.4 Å². The maximum atomic E-state index is 11.7. The fourth-order valence-electron chi connectivity index (χ4n) is 1.57. The van der Waals surface area contributed by atoms with E-state index in [0.717, 1.165) is 0 Å². The number of benzene rings is 1. The van der Waals surface area contributed by atoms with Crippen LogP contribution in [-0.4, -0.2) is 23.8 Å². The second-order valence-electron chi connectivity index (χ2n) is 4.59. The molecule has 1 unspecified atom stereocenters. The minimum Gasteiger partial charge on any atom is -0.366 e. The molecule has 7 N–H and O–H groups in total. The topological polar surface area (TPSA) is 141 Å². The Morgan fingerprint density at radius 3 is 2.00 bits per heavy atom. The molecule has 0 aromatic heterocycles. The predicted molar refractivity (Wildman–Crippen MR) is 75.0 cm³/mol. The molecule has 3 amide bonds. The number of rotatable bonds is 6. The van der Waals surface area contributed by atoms with E-state index in [0.29, 0.717) is 12.1 Å². The van der Waals surface area contributed by atoms with Crippen LogP contribution in [0.4, 0.5) is 5.69 Å². The molecule has 0 bridgehead atoms. The Morgan fingerprint density at radius 2 is 1.60 bits per heavy atom. The van der Waals surface area contributed by atoms with E-state index in [-0.39, 0.29) is 29.5 Å². The third kappa shape index (κ3) is 4.69. The molecule has 1 atom stereocenters. The number of primary amides is 2. The number of carbonyl (C=O) groups excluding carboxylic acids is 3. The lowest BCUT2D eigenvalue weighted by Gasteiger charge is -2.09. The zero-order valence-electron chi connectivity index (χ0n) is 11.2. The summed E-state index contributed by atoms with van der Waals surface area (Å²) in [6.45, 7) is 1.80. The molecule has 0 saturated carbocycles. The van der Waals surface area contributed by atoms with Gasteiger partial charge in [0.25, 0.3) is 0 Å². The van der Waals surface area contributed by atoms with Crippen LogP contribution in [0.1, 0.15) is 40.5 Å². The molecule has 0 fully saturated rings. The highest BCUT2D eigenvalue weighted by molar-refractivity contribution is 6.01. The number of amides is 3. The molecule has 1 aromatic rings. The van der Waals surface area contributed by atoms with E-state index in [4.69, 9.17) is 17.2 Å². The van der Waals surface area contributed by atoms with Gasteiger partial charge in [-0.05, 0) is 31.5 Å². The van der Waals surface area contributed by atoms with Crippen LogP contribution in [0.5, 0.6) is 0 Å². The SMILES string of the molecule is CC(N)CCC(=O)Nc1cc(C(N)=O)cc(C(N)=O)c1. The van der Waals surface area contributed by atoms with Crippen LogP contribution in [0.3, 0.4) is 0 Å². The molecular formula is C13H18N4O3. The summed E-state index contributed by atoms with van der Waals surface area (Å²) in [6.07, 6.45) is 0.772. The maximum Gasteiger partial charge on any atom is 0.248 e. The highest BCUT2D eigenvalue weighted by Crippen LogP contribution is 2.15. The summed E-state index contributed by atoms with van der Waals surface area (Å²) in [4.78, 5) is 34.0. The standard InChI is InChI=1S/C13H18N4O3/c1-7(14)2-3-11(18)17-10-5-8(12(15)19)4-9(6-10)13(16)20/h4-7H,2-3,14H2,1H3,(H2,15,19)(H2,16,20)(H,17,18). The molecule has 0 heterocycles. The Labute approximate surface area is 116 Å². The van der Waals surface area contributed by atoms with E-state index in [1.807, 2.05) is 0 Å². The van der Waals surface area contributed by atoms with Crippen molar-refractivity contribution < 1.29 is 14.4 Å². The monoisotopic (exact) mass is 278 g/mol. The average molecular weight is 278 g/mol. The van der Waals surface area contributed by atoms with Gasteiger partial charge in [0.1, 0.15) is 0 Å². The van der Waals surface area contributed by atoms with Gasteiger partial charge in [-0.15, -0.1) is 0 Å². The summed E-state index contributed by atoms with van der Waals surface area (Å²) in [6, 6.07) is 3.97. The van der Waals surface area contributed by atoms with Crippen LogP contribution in [0.2, 0.25) is 0 Å². The van der Waals surface area contributed by atoms with E-state index in [2.05, 4.69) is 5.32 Å². The molecular weight excluding hydrogens is 260 g/mol. The van der Waals surface area contributed by atoms with Gasteiger partial charge in [0.05, 0.1) is 0 Å². The predicted octanol–water partition coefficient (Wildman–Crippen LogP) is -0.0497. The van der Waals surface area contributed by atoms with Crippen LogP contribution in [0.25, 0.3) is 0 Å². The van der Waals surface area contributed by atoms with Gasteiger partial charge in [-0.2, -0.15) is 0 Å². The van der Waals surface area contributed by atoms with E-state index >= 15 is 0 Å². The maximum absolute atomic E-state index is 11.7. The Hall–Kier alpha value is -2.41.